The molecule has 9 heteroatoms. The summed E-state index contributed by atoms with van der Waals surface area (Å²) in [6.45, 7) is 5.30. The number of benzene rings is 4. The smallest absolute Gasteiger partial charge is 0.318 e. The number of thioether (sulfide) groups is 1. The fourth-order valence-corrected chi connectivity index (χ4v) is 8.93. The van der Waals surface area contributed by atoms with Gasteiger partial charge in [-0.05, 0) is 97.3 Å². The number of unbranched alkanes of at least 4 members (excludes halogenated alkanes) is 4. The minimum atomic E-state index is -0.473. The monoisotopic (exact) mass is 739 g/mol. The highest BCUT2D eigenvalue weighted by Crippen LogP contribution is 2.39. The first kappa shape index (κ1) is 36.2. The predicted molar refractivity (Wildman–Crippen MR) is 218 cm³/mol. The standard InChI is InChI=1S/C44H41N3O4S2/c1-4-5-6-7-8-12-41(49)32-18-24-39-36(26-32)37-27-33(19-25-40(37)47(39)34-20-14-30(15-21-34)28(2)46-51-29(3)48)43(50)31-16-22-35(23-17-31)52-44-45-38-11-9-10-13-42(38)53-44/h9-11,13-16,18-22,24-27H,4-8,12,17,23H2,1-3H3/b46-28+. The molecule has 2 aromatic heterocycles. The number of Topliss-reactive ketones (excluding diaryl/α,β-unsaturated/α-hetero) is 2. The Morgan fingerprint density at radius 2 is 1.51 bits per heavy atom. The molecule has 53 heavy (non-hydrogen) atoms. The molecule has 1 aliphatic rings. The second-order valence-electron chi connectivity index (χ2n) is 13.4. The number of para-hydroxylation sites is 1. The van der Waals surface area contributed by atoms with Crippen LogP contribution in [0, 0.1) is 0 Å². The maximum atomic E-state index is 14.0. The fraction of sp³-hybridized carbons (Fsp3) is 0.250. The molecule has 0 spiro atoms. The van der Waals surface area contributed by atoms with Crippen molar-refractivity contribution in [2.45, 2.75) is 76.5 Å². The summed E-state index contributed by atoms with van der Waals surface area (Å²) in [5.74, 6) is -0.319. The number of hydrogen-bond acceptors (Lipinski definition) is 8. The molecule has 7 nitrogen and oxygen atoms in total. The van der Waals surface area contributed by atoms with Crippen molar-refractivity contribution >= 4 is 78.4 Å². The maximum absolute atomic E-state index is 14.0. The molecular weight excluding hydrogens is 699 g/mol. The van der Waals surface area contributed by atoms with Crippen LogP contribution in [0.3, 0.4) is 0 Å². The number of carbonyl (C=O) groups excluding carboxylic acids is 3. The van der Waals surface area contributed by atoms with Crippen molar-refractivity contribution in [2.24, 2.45) is 5.16 Å². The van der Waals surface area contributed by atoms with Gasteiger partial charge in [-0.2, -0.15) is 0 Å². The SMILES string of the molecule is CCCCCCCC(=O)c1ccc2c(c1)c1cc(C(=O)C3=CC=C(Sc4nc5ccccc5s4)CC3)ccc1n2-c1ccc(/C(C)=N/OC(C)=O)cc1. The molecule has 0 bridgehead atoms. The molecule has 0 N–H and O–H groups in total. The number of thiazole rings is 1. The van der Waals surface area contributed by atoms with Crippen molar-refractivity contribution in [1.29, 1.82) is 0 Å². The predicted octanol–water partition coefficient (Wildman–Crippen LogP) is 11.8. The average Bonchev–Trinajstić information content (AvgIpc) is 3.74. The summed E-state index contributed by atoms with van der Waals surface area (Å²) in [5, 5.41) is 5.77. The number of oxime groups is 1. The first-order valence-electron chi connectivity index (χ1n) is 18.2. The van der Waals surface area contributed by atoms with Gasteiger partial charge in [-0.1, -0.05) is 85.9 Å². The summed E-state index contributed by atoms with van der Waals surface area (Å²) in [5.41, 5.74) is 7.31. The van der Waals surface area contributed by atoms with Crippen LogP contribution in [0.25, 0.3) is 37.7 Å². The quantitative estimate of drug-likeness (QED) is 0.0363. The van der Waals surface area contributed by atoms with Crippen molar-refractivity contribution < 1.29 is 19.2 Å². The summed E-state index contributed by atoms with van der Waals surface area (Å²) in [4.78, 5) is 49.4. The number of fused-ring (bicyclic) bond motifs is 4. The second-order valence-corrected chi connectivity index (χ2v) is 15.8. The van der Waals surface area contributed by atoms with Crippen LogP contribution >= 0.6 is 23.1 Å². The third kappa shape index (κ3) is 8.11. The largest absolute Gasteiger partial charge is 0.331 e. The van der Waals surface area contributed by atoms with Gasteiger partial charge < -0.3 is 9.40 Å². The summed E-state index contributed by atoms with van der Waals surface area (Å²) >= 11 is 3.37. The van der Waals surface area contributed by atoms with Crippen molar-refractivity contribution in [2.75, 3.05) is 0 Å². The number of nitrogens with zero attached hydrogens (tertiary/aromatic N) is 3. The van der Waals surface area contributed by atoms with Gasteiger partial charge in [0.25, 0.3) is 0 Å². The molecule has 0 amide bonds. The third-order valence-electron chi connectivity index (χ3n) is 9.61. The molecule has 0 atom stereocenters. The maximum Gasteiger partial charge on any atom is 0.331 e. The highest BCUT2D eigenvalue weighted by atomic mass is 32.2. The van der Waals surface area contributed by atoms with E-state index >= 15 is 0 Å². The number of ketones is 2. The molecule has 2 heterocycles. The zero-order valence-electron chi connectivity index (χ0n) is 30.2. The molecule has 0 aliphatic heterocycles. The minimum Gasteiger partial charge on any atom is -0.318 e. The molecule has 0 saturated carbocycles. The highest BCUT2D eigenvalue weighted by molar-refractivity contribution is 8.04. The Bertz CT molecular complexity index is 2420. The lowest BCUT2D eigenvalue weighted by molar-refractivity contribution is -0.140. The summed E-state index contributed by atoms with van der Waals surface area (Å²) in [6.07, 6.45) is 11.4. The molecule has 0 unspecified atom stereocenters. The molecule has 0 saturated heterocycles. The molecule has 7 rings (SSSR count). The number of allylic oxidation sites excluding steroid dienone is 4. The first-order valence-corrected chi connectivity index (χ1v) is 19.8. The zero-order valence-corrected chi connectivity index (χ0v) is 31.8. The molecule has 268 valence electrons. The second kappa shape index (κ2) is 16.3. The van der Waals surface area contributed by atoms with Gasteiger partial charge in [0.2, 0.25) is 0 Å². The van der Waals surface area contributed by atoms with Crippen LogP contribution in [0.2, 0.25) is 0 Å². The van der Waals surface area contributed by atoms with Crippen LogP contribution in [-0.4, -0.2) is 32.8 Å². The van der Waals surface area contributed by atoms with Gasteiger partial charge in [0.05, 0.1) is 27.0 Å². The Kier molecular flexibility index (Phi) is 11.1. The number of rotatable bonds is 14. The lowest BCUT2D eigenvalue weighted by Crippen LogP contribution is -2.06. The van der Waals surface area contributed by atoms with Crippen LogP contribution in [0.15, 0.2) is 117 Å². The van der Waals surface area contributed by atoms with E-state index in [9.17, 15) is 14.4 Å². The van der Waals surface area contributed by atoms with E-state index in [1.54, 1.807) is 30.0 Å². The topological polar surface area (TPSA) is 90.6 Å². The molecule has 4 aromatic carbocycles. The Balaban J connectivity index is 1.21. The van der Waals surface area contributed by atoms with E-state index in [1.807, 2.05) is 84.9 Å². The van der Waals surface area contributed by atoms with E-state index in [0.717, 1.165) is 74.2 Å². The van der Waals surface area contributed by atoms with Gasteiger partial charge in [-0.3, -0.25) is 9.59 Å². The average molecular weight is 740 g/mol. The van der Waals surface area contributed by atoms with Crippen LogP contribution in [0.5, 0.6) is 0 Å². The Hall–Kier alpha value is -5.12. The Morgan fingerprint density at radius 1 is 0.811 bits per heavy atom. The van der Waals surface area contributed by atoms with Crippen molar-refractivity contribution in [3.8, 4) is 5.69 Å². The Morgan fingerprint density at radius 3 is 2.21 bits per heavy atom. The molecule has 0 fully saturated rings. The molecule has 1 aliphatic carbocycles. The third-order valence-corrected chi connectivity index (χ3v) is 11.8. The van der Waals surface area contributed by atoms with Gasteiger partial charge in [-0.15, -0.1) is 11.3 Å². The lowest BCUT2D eigenvalue weighted by Gasteiger charge is -2.13. The van der Waals surface area contributed by atoms with Gasteiger partial charge in [0.15, 0.2) is 15.9 Å². The summed E-state index contributed by atoms with van der Waals surface area (Å²) in [7, 11) is 0. The van der Waals surface area contributed by atoms with Crippen LogP contribution in [-0.2, 0) is 9.63 Å². The normalized spacial score (nSPS) is 13.4. The molecule has 6 aromatic rings. The van der Waals surface area contributed by atoms with Crippen molar-refractivity contribution in [3.63, 3.8) is 0 Å². The van der Waals surface area contributed by atoms with E-state index < -0.39 is 5.97 Å². The molecular formula is C44H41N3O4S2. The van der Waals surface area contributed by atoms with Crippen LogP contribution in [0.1, 0.15) is 98.4 Å². The number of aromatic nitrogens is 2. The fourth-order valence-electron chi connectivity index (χ4n) is 6.77. The molecule has 0 radical (unpaired) electrons. The first-order chi connectivity index (χ1) is 25.8. The van der Waals surface area contributed by atoms with Crippen molar-refractivity contribution in [3.05, 3.63) is 124 Å². The van der Waals surface area contributed by atoms with Gasteiger partial charge in [0.1, 0.15) is 0 Å². The summed E-state index contributed by atoms with van der Waals surface area (Å²) in [6, 6.07) is 27.9. The number of carbonyl (C=O) groups is 3. The zero-order chi connectivity index (χ0) is 36.9. The van der Waals surface area contributed by atoms with Crippen molar-refractivity contribution in [1.82, 2.24) is 9.55 Å². The van der Waals surface area contributed by atoms with Gasteiger partial charge >= 0.3 is 5.97 Å². The van der Waals surface area contributed by atoms with Gasteiger partial charge in [-0.25, -0.2) is 9.78 Å². The van der Waals surface area contributed by atoms with E-state index in [-0.39, 0.29) is 11.6 Å². The van der Waals surface area contributed by atoms with E-state index in [2.05, 4.69) is 28.8 Å². The number of hydrogen-bond donors (Lipinski definition) is 0. The van der Waals surface area contributed by atoms with Crippen LogP contribution < -0.4 is 0 Å². The van der Waals surface area contributed by atoms with Gasteiger partial charge in [0, 0.05) is 46.5 Å². The van der Waals surface area contributed by atoms with E-state index in [4.69, 9.17) is 9.82 Å². The lowest BCUT2D eigenvalue weighted by atomic mass is 9.95. The van der Waals surface area contributed by atoms with Crippen LogP contribution in [0.4, 0.5) is 0 Å². The Labute approximate surface area is 317 Å². The minimum absolute atomic E-state index is 0.0132. The highest BCUT2D eigenvalue weighted by Gasteiger charge is 2.21. The summed E-state index contributed by atoms with van der Waals surface area (Å²) < 4.78 is 4.34. The van der Waals surface area contributed by atoms with E-state index in [0.29, 0.717) is 29.7 Å². The van der Waals surface area contributed by atoms with E-state index in [1.165, 1.54) is 29.4 Å².